The quantitative estimate of drug-likeness (QED) is 0.435. The van der Waals surface area contributed by atoms with Crippen LogP contribution in [0.15, 0.2) is 30.3 Å². The maximum atomic E-state index is 10.8. The first-order chi connectivity index (χ1) is 7.14. The van der Waals surface area contributed by atoms with Gasteiger partial charge in [-0.2, -0.15) is 5.26 Å². The van der Waals surface area contributed by atoms with E-state index < -0.39 is 9.84 Å². The largest absolute Gasteiger partial charge is 0.241 e. The fourth-order valence-electron chi connectivity index (χ4n) is 1.31. The highest BCUT2D eigenvalue weighted by atomic mass is 32.2. The minimum absolute atomic E-state index is 0.0314. The Labute approximate surface area is 90.3 Å². The predicted octanol–water partition coefficient (Wildman–Crippen LogP) is 1.91. The van der Waals surface area contributed by atoms with Crippen molar-refractivity contribution in [3.05, 3.63) is 35.9 Å². The Bertz CT molecular complexity index is 431. The Morgan fingerprint density at radius 2 is 1.80 bits per heavy atom. The van der Waals surface area contributed by atoms with Gasteiger partial charge in [-0.25, -0.2) is 8.42 Å². The van der Waals surface area contributed by atoms with E-state index >= 15 is 0 Å². The average Bonchev–Trinajstić information content (AvgIpc) is 2.26. The molecule has 4 heteroatoms. The number of hydrogen-bond donors (Lipinski definition) is 0. The van der Waals surface area contributed by atoms with Gasteiger partial charge in [-0.05, 0) is 24.8 Å². The lowest BCUT2D eigenvalue weighted by molar-refractivity contribution is 0.601. The van der Waals surface area contributed by atoms with Gasteiger partial charge in [0.2, 0.25) is 9.84 Å². The summed E-state index contributed by atoms with van der Waals surface area (Å²) in [5.41, 5.74) is 1.20. The second-order valence-electron chi connectivity index (χ2n) is 3.35. The van der Waals surface area contributed by atoms with Crippen LogP contribution in [0.1, 0.15) is 18.4 Å². The third kappa shape index (κ3) is 4.61. The molecule has 0 aliphatic rings. The molecule has 0 N–H and O–H groups in total. The van der Waals surface area contributed by atoms with Crippen LogP contribution in [0.5, 0.6) is 0 Å². The number of nitriles is 1. The summed E-state index contributed by atoms with van der Waals surface area (Å²) in [5.74, 6) is -0.0314. The van der Waals surface area contributed by atoms with E-state index in [4.69, 9.17) is 5.26 Å². The van der Waals surface area contributed by atoms with E-state index in [-0.39, 0.29) is 5.75 Å². The third-order valence-electron chi connectivity index (χ3n) is 2.11. The van der Waals surface area contributed by atoms with Crippen molar-refractivity contribution in [2.45, 2.75) is 19.3 Å². The molecular formula is C11H13NO2S. The smallest absolute Gasteiger partial charge is 0.213 e. The minimum Gasteiger partial charge on any atom is -0.213 e. The summed E-state index contributed by atoms with van der Waals surface area (Å²) >= 11 is 0. The molecule has 0 heterocycles. The lowest BCUT2D eigenvalue weighted by atomic mass is 10.1. The Kier molecular flexibility index (Phi) is 4.32. The van der Waals surface area contributed by atoms with Gasteiger partial charge in [-0.1, -0.05) is 30.3 Å². The highest BCUT2D eigenvalue weighted by Gasteiger charge is 2.07. The number of sulfone groups is 1. The Morgan fingerprint density at radius 3 is 2.40 bits per heavy atom. The fourth-order valence-corrected chi connectivity index (χ4v) is 1.99. The van der Waals surface area contributed by atoms with Crippen molar-refractivity contribution in [3.63, 3.8) is 0 Å². The van der Waals surface area contributed by atoms with Gasteiger partial charge >= 0.3 is 0 Å². The van der Waals surface area contributed by atoms with Crippen LogP contribution in [0, 0.1) is 10.7 Å². The summed E-state index contributed by atoms with van der Waals surface area (Å²) in [6.07, 6.45) is 2.21. The second kappa shape index (κ2) is 5.52. The fraction of sp³-hybridized carbons (Fsp3) is 0.364. The van der Waals surface area contributed by atoms with E-state index in [1.807, 2.05) is 30.3 Å². The van der Waals surface area contributed by atoms with Gasteiger partial charge < -0.3 is 0 Å². The van der Waals surface area contributed by atoms with E-state index in [1.54, 1.807) is 0 Å². The van der Waals surface area contributed by atoms with Gasteiger partial charge in [0.15, 0.2) is 5.40 Å². The molecule has 15 heavy (non-hydrogen) atoms. The van der Waals surface area contributed by atoms with Crippen molar-refractivity contribution in [2.75, 3.05) is 5.75 Å². The van der Waals surface area contributed by atoms with Crippen molar-refractivity contribution in [1.29, 1.82) is 5.26 Å². The summed E-state index contributed by atoms with van der Waals surface area (Å²) < 4.78 is 21.7. The zero-order valence-electron chi connectivity index (χ0n) is 8.39. The molecule has 0 spiro atoms. The zero-order chi connectivity index (χ0) is 11.1. The van der Waals surface area contributed by atoms with E-state index in [9.17, 15) is 8.42 Å². The molecule has 0 radical (unpaired) electrons. The van der Waals surface area contributed by atoms with Gasteiger partial charge in [0.1, 0.15) is 0 Å². The van der Waals surface area contributed by atoms with Gasteiger partial charge in [0.05, 0.1) is 5.75 Å². The van der Waals surface area contributed by atoms with Gasteiger partial charge in [0, 0.05) is 0 Å². The topological polar surface area (TPSA) is 57.9 Å². The van der Waals surface area contributed by atoms with E-state index in [0.29, 0.717) is 6.42 Å². The van der Waals surface area contributed by atoms with Crippen LogP contribution in [-0.4, -0.2) is 14.2 Å². The monoisotopic (exact) mass is 223 g/mol. The predicted molar refractivity (Wildman–Crippen MR) is 58.8 cm³/mol. The number of nitrogens with zero attached hydrogens (tertiary/aromatic N) is 1. The highest BCUT2D eigenvalue weighted by molar-refractivity contribution is 7.95. The summed E-state index contributed by atoms with van der Waals surface area (Å²) in [6, 6.07) is 9.89. The SMILES string of the molecule is N#CS(=O)(=O)CCCCc1ccccc1. The van der Waals surface area contributed by atoms with E-state index in [1.165, 1.54) is 11.0 Å². The molecule has 3 nitrogen and oxygen atoms in total. The van der Waals surface area contributed by atoms with Crippen LogP contribution < -0.4 is 0 Å². The Hall–Kier alpha value is -1.34. The zero-order valence-corrected chi connectivity index (χ0v) is 9.20. The molecule has 0 fully saturated rings. The molecular weight excluding hydrogens is 210 g/mol. The summed E-state index contributed by atoms with van der Waals surface area (Å²) in [6.45, 7) is 0. The molecule has 1 aromatic carbocycles. The summed E-state index contributed by atoms with van der Waals surface area (Å²) in [4.78, 5) is 0. The molecule has 1 rings (SSSR count). The molecule has 0 amide bonds. The first-order valence-corrected chi connectivity index (χ1v) is 6.47. The van der Waals surface area contributed by atoms with E-state index in [2.05, 4.69) is 0 Å². The molecule has 0 bridgehead atoms. The third-order valence-corrected chi connectivity index (χ3v) is 3.21. The van der Waals surface area contributed by atoms with Crippen LogP contribution in [0.3, 0.4) is 0 Å². The van der Waals surface area contributed by atoms with Crippen LogP contribution in [0.25, 0.3) is 0 Å². The molecule has 0 aliphatic carbocycles. The number of thiocyanates is 1. The summed E-state index contributed by atoms with van der Waals surface area (Å²) in [5, 5.41) is 9.58. The number of aryl methyl sites for hydroxylation is 1. The van der Waals surface area contributed by atoms with Crippen molar-refractivity contribution in [1.82, 2.24) is 0 Å². The Morgan fingerprint density at radius 1 is 1.13 bits per heavy atom. The second-order valence-corrected chi connectivity index (χ2v) is 5.17. The maximum Gasteiger partial charge on any atom is 0.241 e. The van der Waals surface area contributed by atoms with Gasteiger partial charge in [0.25, 0.3) is 0 Å². The maximum absolute atomic E-state index is 10.8. The molecule has 1 aromatic rings. The van der Waals surface area contributed by atoms with Crippen molar-refractivity contribution in [2.24, 2.45) is 0 Å². The average molecular weight is 223 g/mol. The number of unbranched alkanes of at least 4 members (excludes halogenated alkanes) is 1. The molecule has 80 valence electrons. The molecule has 0 saturated carbocycles. The van der Waals surface area contributed by atoms with E-state index in [0.717, 1.165) is 12.8 Å². The van der Waals surface area contributed by atoms with Crippen LogP contribution in [-0.2, 0) is 16.3 Å². The molecule has 0 atom stereocenters. The molecule has 0 aromatic heterocycles. The first-order valence-electron chi connectivity index (χ1n) is 4.81. The van der Waals surface area contributed by atoms with Gasteiger partial charge in [-0.15, -0.1) is 0 Å². The summed E-state index contributed by atoms with van der Waals surface area (Å²) in [7, 11) is -3.47. The molecule has 0 aliphatic heterocycles. The number of benzene rings is 1. The molecule has 0 saturated heterocycles. The number of rotatable bonds is 5. The molecule has 0 unspecified atom stereocenters. The number of hydrogen-bond acceptors (Lipinski definition) is 3. The van der Waals surface area contributed by atoms with Crippen molar-refractivity contribution in [3.8, 4) is 5.40 Å². The van der Waals surface area contributed by atoms with Gasteiger partial charge in [-0.3, -0.25) is 0 Å². The van der Waals surface area contributed by atoms with Crippen molar-refractivity contribution >= 4 is 9.84 Å². The van der Waals surface area contributed by atoms with Crippen LogP contribution in [0.2, 0.25) is 0 Å². The normalized spacial score (nSPS) is 10.9. The van der Waals surface area contributed by atoms with Crippen molar-refractivity contribution < 1.29 is 8.42 Å². The van der Waals surface area contributed by atoms with Crippen LogP contribution >= 0.6 is 0 Å². The van der Waals surface area contributed by atoms with Crippen LogP contribution in [0.4, 0.5) is 0 Å². The standard InChI is InChI=1S/C11H13NO2S/c12-10-15(13,14)9-5-4-8-11-6-2-1-3-7-11/h1-3,6-7H,4-5,8-9H2. The lowest BCUT2D eigenvalue weighted by Crippen LogP contribution is -2.02. The first kappa shape index (κ1) is 11.7. The highest BCUT2D eigenvalue weighted by Crippen LogP contribution is 2.05. The Balaban J connectivity index is 2.27. The lowest BCUT2D eigenvalue weighted by Gasteiger charge is -1.99. The minimum atomic E-state index is -3.47.